The number of benzene rings is 1. The van der Waals surface area contributed by atoms with Gasteiger partial charge in [0.25, 0.3) is 0 Å². The van der Waals surface area contributed by atoms with Crippen LogP contribution in [0.4, 0.5) is 23.2 Å². The lowest BCUT2D eigenvalue weighted by Crippen LogP contribution is -2.07. The number of anilines is 1. The van der Waals surface area contributed by atoms with Crippen molar-refractivity contribution in [1.82, 2.24) is 0 Å². The largest absolute Gasteiger partial charge is 0.416 e. The van der Waals surface area contributed by atoms with Gasteiger partial charge in [-0.2, -0.15) is 13.2 Å². The molecule has 0 radical (unpaired) electrons. The number of alkyl halides is 3. The number of thiophene rings is 1. The Morgan fingerprint density at radius 1 is 1.16 bits per heavy atom. The summed E-state index contributed by atoms with van der Waals surface area (Å²) >= 11 is 7.01. The van der Waals surface area contributed by atoms with Crippen molar-refractivity contribution in [3.05, 3.63) is 50.9 Å². The zero-order chi connectivity index (χ0) is 14.0. The van der Waals surface area contributed by atoms with Crippen LogP contribution in [0.15, 0.2) is 30.3 Å². The number of nitrogens with one attached hydrogen (secondary N) is 1. The first kappa shape index (κ1) is 14.1. The highest BCUT2D eigenvalue weighted by atomic mass is 35.5. The fourth-order valence-corrected chi connectivity index (χ4v) is 2.49. The first-order chi connectivity index (χ1) is 8.86. The summed E-state index contributed by atoms with van der Waals surface area (Å²) in [6.07, 6.45) is -4.49. The average molecular weight is 310 g/mol. The van der Waals surface area contributed by atoms with Crippen molar-refractivity contribution in [3.8, 4) is 0 Å². The molecule has 7 heteroatoms. The van der Waals surface area contributed by atoms with Crippen LogP contribution in [0, 0.1) is 5.82 Å². The van der Waals surface area contributed by atoms with Gasteiger partial charge in [-0.3, -0.25) is 0 Å². The second-order valence-corrected chi connectivity index (χ2v) is 5.55. The molecule has 0 fully saturated rings. The molecule has 1 aromatic carbocycles. The van der Waals surface area contributed by atoms with Gasteiger partial charge >= 0.3 is 6.18 Å². The highest BCUT2D eigenvalue weighted by Gasteiger charge is 2.31. The quantitative estimate of drug-likeness (QED) is 0.771. The Labute approximate surface area is 115 Å². The molecule has 2 rings (SSSR count). The molecular weight excluding hydrogens is 302 g/mol. The maximum Gasteiger partial charge on any atom is 0.416 e. The maximum atomic E-state index is 13.4. The number of hydrogen-bond acceptors (Lipinski definition) is 2. The molecule has 0 amide bonds. The molecule has 0 bridgehead atoms. The molecule has 1 N–H and O–H groups in total. The molecule has 2 aromatic rings. The van der Waals surface area contributed by atoms with Crippen LogP contribution in [0.5, 0.6) is 0 Å². The van der Waals surface area contributed by atoms with Crippen LogP contribution in [0.25, 0.3) is 0 Å². The van der Waals surface area contributed by atoms with E-state index in [-0.39, 0.29) is 12.2 Å². The number of halogens is 5. The van der Waals surface area contributed by atoms with Crippen LogP contribution in [0.2, 0.25) is 4.34 Å². The Balaban J connectivity index is 2.15. The van der Waals surface area contributed by atoms with Gasteiger partial charge in [0, 0.05) is 11.4 Å². The number of rotatable bonds is 3. The molecule has 0 aliphatic carbocycles. The smallest absolute Gasteiger partial charge is 0.378 e. The van der Waals surface area contributed by atoms with Gasteiger partial charge in [-0.1, -0.05) is 11.6 Å². The Hall–Kier alpha value is -1.27. The van der Waals surface area contributed by atoms with Crippen LogP contribution in [0.1, 0.15) is 10.4 Å². The maximum absolute atomic E-state index is 13.4. The Kier molecular flexibility index (Phi) is 4.01. The van der Waals surface area contributed by atoms with Crippen molar-refractivity contribution in [2.45, 2.75) is 12.7 Å². The van der Waals surface area contributed by atoms with Crippen LogP contribution in [0.3, 0.4) is 0 Å². The third kappa shape index (κ3) is 3.61. The summed E-state index contributed by atoms with van der Waals surface area (Å²) in [6.45, 7) is 0.218. The monoisotopic (exact) mass is 309 g/mol. The minimum absolute atomic E-state index is 0.181. The first-order valence-electron chi connectivity index (χ1n) is 5.21. The molecule has 1 heterocycles. The van der Waals surface area contributed by atoms with E-state index >= 15 is 0 Å². The predicted molar refractivity (Wildman–Crippen MR) is 68.1 cm³/mol. The molecule has 19 heavy (non-hydrogen) atoms. The fourth-order valence-electron chi connectivity index (χ4n) is 1.47. The lowest BCUT2D eigenvalue weighted by Gasteiger charge is -2.11. The van der Waals surface area contributed by atoms with E-state index in [9.17, 15) is 17.6 Å². The predicted octanol–water partition coefficient (Wildman–Crippen LogP) is 5.17. The second kappa shape index (κ2) is 5.38. The topological polar surface area (TPSA) is 12.0 Å². The van der Waals surface area contributed by atoms with Crippen LogP contribution in [-0.2, 0) is 12.7 Å². The average Bonchev–Trinajstić information content (AvgIpc) is 2.72. The van der Waals surface area contributed by atoms with Gasteiger partial charge in [0.2, 0.25) is 0 Å². The van der Waals surface area contributed by atoms with Crippen LogP contribution in [-0.4, -0.2) is 0 Å². The molecule has 0 atom stereocenters. The summed E-state index contributed by atoms with van der Waals surface area (Å²) in [7, 11) is 0. The van der Waals surface area contributed by atoms with Gasteiger partial charge in [-0.15, -0.1) is 11.3 Å². The molecule has 0 aliphatic heterocycles. The molecule has 0 aliphatic rings. The second-order valence-electron chi connectivity index (χ2n) is 3.75. The van der Waals surface area contributed by atoms with E-state index in [0.717, 1.165) is 17.0 Å². The highest BCUT2D eigenvalue weighted by molar-refractivity contribution is 7.16. The molecule has 1 aromatic heterocycles. The summed E-state index contributed by atoms with van der Waals surface area (Å²) in [6, 6.07) is 5.66. The zero-order valence-electron chi connectivity index (χ0n) is 9.39. The third-order valence-corrected chi connectivity index (χ3v) is 3.61. The Morgan fingerprint density at radius 2 is 1.89 bits per heavy atom. The van der Waals surface area contributed by atoms with Gasteiger partial charge < -0.3 is 5.32 Å². The minimum Gasteiger partial charge on any atom is -0.378 e. The van der Waals surface area contributed by atoms with E-state index in [0.29, 0.717) is 10.4 Å². The molecule has 0 spiro atoms. The standard InChI is InChI=1S/C12H8ClF4NS/c13-11-4-2-8(19-11)6-18-10-5-7(12(15,16)17)1-3-9(10)14/h1-5,18H,6H2. The fraction of sp³-hybridized carbons (Fsp3) is 0.167. The summed E-state index contributed by atoms with van der Waals surface area (Å²) in [5.41, 5.74) is -1.07. The van der Waals surface area contributed by atoms with Crippen molar-refractivity contribution in [1.29, 1.82) is 0 Å². The SMILES string of the molecule is Fc1ccc(C(F)(F)F)cc1NCc1ccc(Cl)s1. The van der Waals surface area contributed by atoms with E-state index in [1.807, 2.05) is 0 Å². The van der Waals surface area contributed by atoms with E-state index in [1.165, 1.54) is 11.3 Å². The van der Waals surface area contributed by atoms with Crippen molar-refractivity contribution in [2.24, 2.45) is 0 Å². The summed E-state index contributed by atoms with van der Waals surface area (Å²) in [5.74, 6) is -0.726. The van der Waals surface area contributed by atoms with Crippen molar-refractivity contribution in [3.63, 3.8) is 0 Å². The summed E-state index contributed by atoms with van der Waals surface area (Å²) < 4.78 is 51.5. The van der Waals surface area contributed by atoms with E-state index < -0.39 is 17.6 Å². The van der Waals surface area contributed by atoms with Crippen molar-refractivity contribution >= 4 is 28.6 Å². The molecule has 0 saturated heterocycles. The minimum atomic E-state index is -4.49. The van der Waals surface area contributed by atoms with Crippen molar-refractivity contribution < 1.29 is 17.6 Å². The zero-order valence-corrected chi connectivity index (χ0v) is 11.0. The van der Waals surface area contributed by atoms with Crippen LogP contribution < -0.4 is 5.32 Å². The third-order valence-electron chi connectivity index (χ3n) is 2.38. The van der Waals surface area contributed by atoms with Gasteiger partial charge in [-0.25, -0.2) is 4.39 Å². The Morgan fingerprint density at radius 3 is 2.47 bits per heavy atom. The lowest BCUT2D eigenvalue weighted by molar-refractivity contribution is -0.137. The molecule has 0 unspecified atom stereocenters. The van der Waals surface area contributed by atoms with Crippen LogP contribution >= 0.6 is 22.9 Å². The molecular formula is C12H8ClF4NS. The number of hydrogen-bond donors (Lipinski definition) is 1. The molecule has 102 valence electrons. The van der Waals surface area contributed by atoms with Crippen molar-refractivity contribution in [2.75, 3.05) is 5.32 Å². The molecule has 1 nitrogen and oxygen atoms in total. The highest BCUT2D eigenvalue weighted by Crippen LogP contribution is 2.32. The van der Waals surface area contributed by atoms with Gasteiger partial charge in [0.15, 0.2) is 0 Å². The van der Waals surface area contributed by atoms with Gasteiger partial charge in [0.1, 0.15) is 5.82 Å². The summed E-state index contributed by atoms with van der Waals surface area (Å²) in [5, 5.41) is 2.63. The van der Waals surface area contributed by atoms with Gasteiger partial charge in [0.05, 0.1) is 15.6 Å². The normalized spacial score (nSPS) is 11.6. The first-order valence-corrected chi connectivity index (χ1v) is 6.40. The lowest BCUT2D eigenvalue weighted by atomic mass is 10.2. The Bertz CT molecular complexity index is 579. The van der Waals surface area contributed by atoms with Gasteiger partial charge in [-0.05, 0) is 30.3 Å². The van der Waals surface area contributed by atoms with E-state index in [1.54, 1.807) is 12.1 Å². The van der Waals surface area contributed by atoms with E-state index in [2.05, 4.69) is 5.32 Å². The van der Waals surface area contributed by atoms with E-state index in [4.69, 9.17) is 11.6 Å². The summed E-state index contributed by atoms with van der Waals surface area (Å²) in [4.78, 5) is 0.807. The molecule has 0 saturated carbocycles.